The van der Waals surface area contributed by atoms with Gasteiger partial charge in [0.25, 0.3) is 5.91 Å². The Morgan fingerprint density at radius 1 is 1.27 bits per heavy atom. The van der Waals surface area contributed by atoms with Crippen molar-refractivity contribution in [2.45, 2.75) is 13.3 Å². The highest BCUT2D eigenvalue weighted by atomic mass is 35.5. The molecule has 0 unspecified atom stereocenters. The molecular weight excluding hydrogens is 327 g/mol. The van der Waals surface area contributed by atoms with Crippen LogP contribution in [0, 0.1) is 5.82 Å². The van der Waals surface area contributed by atoms with Crippen molar-refractivity contribution in [3.63, 3.8) is 0 Å². The number of amides is 2. The van der Waals surface area contributed by atoms with Gasteiger partial charge < -0.3 is 10.6 Å². The second-order valence-corrected chi connectivity index (χ2v) is 6.39. The summed E-state index contributed by atoms with van der Waals surface area (Å²) in [7, 11) is 0. The molecule has 2 rings (SSSR count). The largest absolute Gasteiger partial charge is 0.352 e. The molecule has 0 aliphatic carbocycles. The zero-order valence-corrected chi connectivity index (χ0v) is 13.4. The Hall–Kier alpha value is -1.92. The second kappa shape index (κ2) is 7.38. The molecule has 0 saturated heterocycles. The number of carbonyl (C=O) groups is 2. The van der Waals surface area contributed by atoms with Crippen molar-refractivity contribution in [2.24, 2.45) is 0 Å². The molecular formula is C15H14ClFN2O2S. The van der Waals surface area contributed by atoms with Gasteiger partial charge in [0.2, 0.25) is 5.91 Å². The van der Waals surface area contributed by atoms with Gasteiger partial charge in [-0.05, 0) is 36.8 Å². The lowest BCUT2D eigenvalue weighted by atomic mass is 10.1. The first-order chi connectivity index (χ1) is 10.5. The molecule has 2 N–H and O–H groups in total. The minimum absolute atomic E-state index is 0.101. The highest BCUT2D eigenvalue weighted by Crippen LogP contribution is 2.21. The van der Waals surface area contributed by atoms with Crippen LogP contribution in [0.2, 0.25) is 4.34 Å². The molecule has 1 aromatic carbocycles. The summed E-state index contributed by atoms with van der Waals surface area (Å²) in [6, 6.07) is 7.55. The van der Waals surface area contributed by atoms with Crippen LogP contribution in [0.25, 0.3) is 0 Å². The first-order valence-electron chi connectivity index (χ1n) is 6.55. The third-order valence-corrected chi connectivity index (χ3v) is 4.11. The molecule has 0 spiro atoms. The van der Waals surface area contributed by atoms with Crippen LogP contribution in [-0.2, 0) is 11.2 Å². The normalized spacial score (nSPS) is 10.3. The summed E-state index contributed by atoms with van der Waals surface area (Å²) >= 11 is 7.26. The number of hydrogen-bond donors (Lipinski definition) is 2. The van der Waals surface area contributed by atoms with Gasteiger partial charge in [-0.3, -0.25) is 9.59 Å². The van der Waals surface area contributed by atoms with E-state index in [1.165, 1.54) is 30.4 Å². The number of benzene rings is 1. The average Bonchev–Trinajstić information content (AvgIpc) is 2.86. The molecule has 2 aromatic rings. The van der Waals surface area contributed by atoms with E-state index in [9.17, 15) is 14.0 Å². The van der Waals surface area contributed by atoms with Crippen LogP contribution in [0.4, 0.5) is 10.1 Å². The van der Waals surface area contributed by atoms with Crippen LogP contribution in [-0.4, -0.2) is 18.4 Å². The quantitative estimate of drug-likeness (QED) is 0.875. The van der Waals surface area contributed by atoms with Gasteiger partial charge in [-0.1, -0.05) is 11.6 Å². The molecule has 0 atom stereocenters. The van der Waals surface area contributed by atoms with Gasteiger partial charge in [0, 0.05) is 24.0 Å². The highest BCUT2D eigenvalue weighted by molar-refractivity contribution is 7.16. The Labute approximate surface area is 136 Å². The molecule has 0 saturated carbocycles. The lowest BCUT2D eigenvalue weighted by Crippen LogP contribution is -2.26. The van der Waals surface area contributed by atoms with Crippen molar-refractivity contribution in [1.29, 1.82) is 0 Å². The van der Waals surface area contributed by atoms with E-state index >= 15 is 0 Å². The van der Waals surface area contributed by atoms with Gasteiger partial charge in [0.15, 0.2) is 0 Å². The molecule has 1 aromatic heterocycles. The SMILES string of the molecule is CC(=O)Nc1ccc(F)c(C(=O)NCCc2ccc(Cl)s2)c1. The predicted molar refractivity (Wildman–Crippen MR) is 86.1 cm³/mol. The summed E-state index contributed by atoms with van der Waals surface area (Å²) in [5.41, 5.74) is 0.277. The van der Waals surface area contributed by atoms with Crippen molar-refractivity contribution in [1.82, 2.24) is 5.32 Å². The summed E-state index contributed by atoms with van der Waals surface area (Å²) in [5, 5.41) is 5.16. The monoisotopic (exact) mass is 340 g/mol. The van der Waals surface area contributed by atoms with E-state index in [2.05, 4.69) is 10.6 Å². The number of rotatable bonds is 5. The first kappa shape index (κ1) is 16.5. The zero-order valence-electron chi connectivity index (χ0n) is 11.8. The van der Waals surface area contributed by atoms with Crippen LogP contribution >= 0.6 is 22.9 Å². The lowest BCUT2D eigenvalue weighted by Gasteiger charge is -2.08. The molecule has 0 aliphatic rings. The van der Waals surface area contributed by atoms with Gasteiger partial charge in [0.05, 0.1) is 9.90 Å². The smallest absolute Gasteiger partial charge is 0.254 e. The number of nitrogens with one attached hydrogen (secondary N) is 2. The van der Waals surface area contributed by atoms with Crippen molar-refractivity contribution < 1.29 is 14.0 Å². The Kier molecular flexibility index (Phi) is 5.51. The van der Waals surface area contributed by atoms with Crippen LogP contribution in [0.5, 0.6) is 0 Å². The number of carbonyl (C=O) groups excluding carboxylic acids is 2. The van der Waals surface area contributed by atoms with Crippen molar-refractivity contribution >= 4 is 40.4 Å². The minimum Gasteiger partial charge on any atom is -0.352 e. The summed E-state index contributed by atoms with van der Waals surface area (Å²) in [6.45, 7) is 1.72. The molecule has 4 nitrogen and oxygen atoms in total. The maximum Gasteiger partial charge on any atom is 0.254 e. The topological polar surface area (TPSA) is 58.2 Å². The summed E-state index contributed by atoms with van der Waals surface area (Å²) in [6.07, 6.45) is 0.621. The van der Waals surface area contributed by atoms with E-state index in [-0.39, 0.29) is 11.5 Å². The summed E-state index contributed by atoms with van der Waals surface area (Å²) < 4.78 is 14.4. The molecule has 2 amide bonds. The Morgan fingerprint density at radius 2 is 2.05 bits per heavy atom. The van der Waals surface area contributed by atoms with Gasteiger partial charge >= 0.3 is 0 Å². The molecule has 116 valence electrons. The third-order valence-electron chi connectivity index (χ3n) is 2.82. The van der Waals surface area contributed by atoms with Crippen LogP contribution < -0.4 is 10.6 Å². The second-order valence-electron chi connectivity index (χ2n) is 4.59. The van der Waals surface area contributed by atoms with E-state index in [1.54, 1.807) is 6.07 Å². The van der Waals surface area contributed by atoms with Gasteiger partial charge in [-0.2, -0.15) is 0 Å². The van der Waals surface area contributed by atoms with E-state index < -0.39 is 11.7 Å². The van der Waals surface area contributed by atoms with Gasteiger partial charge in [0.1, 0.15) is 5.82 Å². The van der Waals surface area contributed by atoms with Crippen LogP contribution in [0.1, 0.15) is 22.2 Å². The Bertz CT molecular complexity index is 703. The fraction of sp³-hybridized carbons (Fsp3) is 0.200. The Morgan fingerprint density at radius 3 is 2.68 bits per heavy atom. The number of hydrogen-bond acceptors (Lipinski definition) is 3. The molecule has 0 aliphatic heterocycles. The Balaban J connectivity index is 1.97. The first-order valence-corrected chi connectivity index (χ1v) is 7.74. The number of halogens is 2. The molecule has 22 heavy (non-hydrogen) atoms. The van der Waals surface area contributed by atoms with E-state index in [4.69, 9.17) is 11.6 Å². The standard InChI is InChI=1S/C15H14ClFN2O2S/c1-9(20)19-10-2-4-13(17)12(8-10)15(21)18-7-6-11-3-5-14(16)22-11/h2-5,8H,6-7H2,1H3,(H,18,21)(H,19,20). The zero-order chi connectivity index (χ0) is 16.1. The third kappa shape index (κ3) is 4.54. The average molecular weight is 341 g/mol. The van der Waals surface area contributed by atoms with Crippen molar-refractivity contribution in [2.75, 3.05) is 11.9 Å². The van der Waals surface area contributed by atoms with E-state index in [1.807, 2.05) is 6.07 Å². The van der Waals surface area contributed by atoms with Crippen LogP contribution in [0.15, 0.2) is 30.3 Å². The van der Waals surface area contributed by atoms with Gasteiger partial charge in [-0.15, -0.1) is 11.3 Å². The van der Waals surface area contributed by atoms with Crippen LogP contribution in [0.3, 0.4) is 0 Å². The summed E-state index contributed by atoms with van der Waals surface area (Å²) in [5.74, 6) is -1.44. The van der Waals surface area contributed by atoms with Gasteiger partial charge in [-0.25, -0.2) is 4.39 Å². The maximum atomic E-state index is 13.7. The van der Waals surface area contributed by atoms with E-state index in [0.717, 1.165) is 10.9 Å². The predicted octanol–water partition coefficient (Wildman–Crippen LogP) is 3.47. The molecule has 0 fully saturated rings. The molecule has 1 heterocycles. The van der Waals surface area contributed by atoms with Crippen molar-refractivity contribution in [3.05, 3.63) is 50.9 Å². The number of thiophene rings is 1. The molecule has 0 radical (unpaired) electrons. The van der Waals surface area contributed by atoms with E-state index in [0.29, 0.717) is 23.0 Å². The fourth-order valence-electron chi connectivity index (χ4n) is 1.86. The minimum atomic E-state index is -0.634. The molecule has 0 bridgehead atoms. The maximum absolute atomic E-state index is 13.7. The fourth-order valence-corrected chi connectivity index (χ4v) is 2.95. The number of anilines is 1. The van der Waals surface area contributed by atoms with Crippen molar-refractivity contribution in [3.8, 4) is 0 Å². The summed E-state index contributed by atoms with van der Waals surface area (Å²) in [4.78, 5) is 24.0. The molecule has 7 heteroatoms. The highest BCUT2D eigenvalue weighted by Gasteiger charge is 2.12. The lowest BCUT2D eigenvalue weighted by molar-refractivity contribution is -0.114.